The molecule has 13 rings (SSSR count). The lowest BCUT2D eigenvalue weighted by atomic mass is 9.97. The summed E-state index contributed by atoms with van der Waals surface area (Å²) in [5, 5.41) is 13.8. The topological polar surface area (TPSA) is 34.2 Å². The quantitative estimate of drug-likeness (QED) is 0.159. The minimum absolute atomic E-state index is 0.151. The molecule has 0 spiro atoms. The van der Waals surface area contributed by atoms with Gasteiger partial charge in [-0.15, -0.1) is 11.3 Å². The van der Waals surface area contributed by atoms with Crippen LogP contribution in [0.25, 0.3) is 102 Å². The number of nitrogens with one attached hydrogen (secondary N) is 1. The molecular formula is C62H46N4S. The second-order valence-corrected chi connectivity index (χ2v) is 18.3. The molecule has 0 fully saturated rings. The summed E-state index contributed by atoms with van der Waals surface area (Å²) < 4.78 is 7.50. The Labute approximate surface area is 393 Å². The van der Waals surface area contributed by atoms with Gasteiger partial charge in [-0.05, 0) is 102 Å². The van der Waals surface area contributed by atoms with Crippen LogP contribution in [0.15, 0.2) is 223 Å². The van der Waals surface area contributed by atoms with E-state index in [1.54, 1.807) is 0 Å². The predicted octanol–water partition coefficient (Wildman–Crippen LogP) is 16.6. The Balaban J connectivity index is 0.000000233. The van der Waals surface area contributed by atoms with Crippen molar-refractivity contribution in [3.05, 3.63) is 230 Å². The number of aryl methyl sites for hydroxylation is 1. The van der Waals surface area contributed by atoms with E-state index in [2.05, 4.69) is 215 Å². The van der Waals surface area contributed by atoms with E-state index in [0.29, 0.717) is 0 Å². The van der Waals surface area contributed by atoms with Crippen molar-refractivity contribution < 1.29 is 0 Å². The second-order valence-electron chi connectivity index (χ2n) is 17.2. The molecule has 0 amide bonds. The lowest BCUT2D eigenvalue weighted by Gasteiger charge is -2.18. The summed E-state index contributed by atoms with van der Waals surface area (Å²) in [7, 11) is 4.12. The summed E-state index contributed by atoms with van der Waals surface area (Å²) in [5.41, 5.74) is 14.4. The lowest BCUT2D eigenvalue weighted by molar-refractivity contribution is 0.693. The molecule has 3 aromatic heterocycles. The van der Waals surface area contributed by atoms with Crippen LogP contribution < -0.4 is 5.32 Å². The summed E-state index contributed by atoms with van der Waals surface area (Å²) in [5.74, 6) is 0. The molecule has 1 unspecified atom stereocenters. The molecule has 5 heteroatoms. The van der Waals surface area contributed by atoms with Gasteiger partial charge >= 0.3 is 0 Å². The smallest absolute Gasteiger partial charge is 0.0673 e. The first-order valence-electron chi connectivity index (χ1n) is 22.8. The maximum absolute atomic E-state index is 4.07. The van der Waals surface area contributed by atoms with Crippen LogP contribution in [0.1, 0.15) is 17.2 Å². The molecule has 0 bridgehead atoms. The van der Waals surface area contributed by atoms with Crippen molar-refractivity contribution in [2.45, 2.75) is 6.04 Å². The zero-order valence-electron chi connectivity index (χ0n) is 37.3. The number of nitrogens with zero attached hydrogens (tertiary/aromatic N) is 3. The van der Waals surface area contributed by atoms with Crippen LogP contribution in [0.2, 0.25) is 0 Å². The van der Waals surface area contributed by atoms with E-state index in [1.165, 1.54) is 108 Å². The van der Waals surface area contributed by atoms with Gasteiger partial charge < -0.3 is 14.5 Å². The number of fused-ring (bicyclic) bond motifs is 13. The Morgan fingerprint density at radius 2 is 1.07 bits per heavy atom. The largest absolute Gasteiger partial charge is 0.344 e. The molecular weight excluding hydrogens is 833 g/mol. The molecule has 67 heavy (non-hydrogen) atoms. The molecule has 3 heterocycles. The van der Waals surface area contributed by atoms with E-state index in [4.69, 9.17) is 0 Å². The third-order valence-corrected chi connectivity index (χ3v) is 14.7. The molecule has 0 saturated carbocycles. The molecule has 0 saturated heterocycles. The third kappa shape index (κ3) is 6.74. The summed E-state index contributed by atoms with van der Waals surface area (Å²) in [6.45, 7) is 3.62. The van der Waals surface area contributed by atoms with E-state index >= 15 is 0 Å². The Bertz CT molecular complexity index is 4010. The summed E-state index contributed by atoms with van der Waals surface area (Å²) in [6, 6.07) is 79.0. The fourth-order valence-corrected chi connectivity index (χ4v) is 11.7. The molecule has 0 aliphatic carbocycles. The number of aliphatic imine (C=N–C) groups is 1. The second kappa shape index (κ2) is 16.7. The zero-order valence-corrected chi connectivity index (χ0v) is 38.1. The van der Waals surface area contributed by atoms with Gasteiger partial charge in [0.15, 0.2) is 0 Å². The van der Waals surface area contributed by atoms with Crippen LogP contribution in [0, 0.1) is 0 Å². The minimum Gasteiger partial charge on any atom is -0.344 e. The fraction of sp³-hybridized carbons (Fsp3) is 0.0484. The van der Waals surface area contributed by atoms with E-state index in [9.17, 15) is 0 Å². The van der Waals surface area contributed by atoms with Crippen molar-refractivity contribution in [2.75, 3.05) is 7.05 Å². The molecule has 320 valence electrons. The van der Waals surface area contributed by atoms with Gasteiger partial charge in [-0.1, -0.05) is 164 Å². The Kier molecular flexibility index (Phi) is 10.1. The highest BCUT2D eigenvalue weighted by Gasteiger charge is 2.23. The first kappa shape index (κ1) is 40.4. The van der Waals surface area contributed by atoms with Crippen LogP contribution in [-0.2, 0) is 7.05 Å². The lowest BCUT2D eigenvalue weighted by Crippen LogP contribution is -2.17. The Morgan fingerprint density at radius 3 is 1.85 bits per heavy atom. The van der Waals surface area contributed by atoms with Crippen LogP contribution in [-0.4, -0.2) is 22.9 Å². The molecule has 0 radical (unpaired) electrons. The maximum atomic E-state index is 4.07. The maximum Gasteiger partial charge on any atom is 0.0673 e. The molecule has 1 N–H and O–H groups in total. The van der Waals surface area contributed by atoms with E-state index < -0.39 is 0 Å². The van der Waals surface area contributed by atoms with Gasteiger partial charge in [-0.25, -0.2) is 0 Å². The van der Waals surface area contributed by atoms with E-state index in [1.807, 2.05) is 54.8 Å². The van der Waals surface area contributed by atoms with Crippen molar-refractivity contribution in [3.63, 3.8) is 0 Å². The average molecular weight is 879 g/mol. The van der Waals surface area contributed by atoms with Gasteiger partial charge in [0.05, 0.1) is 22.8 Å². The standard InChI is InChI=1S/C47H30N2S.C15H16N2/c1-48-40-20-9-7-16-34(40)38-27-31(22-24-41(38)48)32-23-25-42-39(28-32)44-45-37-19-8-10-21-43(37)50-47(45)36-18-6-5-17-35(36)46(44)49(42)33-15-11-14-30(26-33)29-12-3-2-4-13-29;1-16-14-11-7-6-10-13(14)15(17-2)12-8-4-3-5-9-12/h2-28H,1H3;3-11,15,17H,1H2,2H3. The fourth-order valence-electron chi connectivity index (χ4n) is 10.4. The summed E-state index contributed by atoms with van der Waals surface area (Å²) in [6.07, 6.45) is 0. The number of para-hydroxylation sites is 2. The van der Waals surface area contributed by atoms with Crippen LogP contribution in [0.4, 0.5) is 5.69 Å². The normalized spacial score (nSPS) is 12.1. The highest BCUT2D eigenvalue weighted by Crippen LogP contribution is 2.49. The molecule has 4 nitrogen and oxygen atoms in total. The number of benzene rings is 10. The highest BCUT2D eigenvalue weighted by atomic mass is 32.1. The monoisotopic (exact) mass is 878 g/mol. The zero-order chi connectivity index (χ0) is 45.0. The van der Waals surface area contributed by atoms with Gasteiger partial charge in [0, 0.05) is 76.3 Å². The molecule has 0 aliphatic rings. The number of aromatic nitrogens is 2. The number of rotatable bonds is 7. The molecule has 1 atom stereocenters. The molecule has 0 aliphatic heterocycles. The van der Waals surface area contributed by atoms with Crippen LogP contribution in [0.5, 0.6) is 0 Å². The van der Waals surface area contributed by atoms with Gasteiger partial charge in [0.2, 0.25) is 0 Å². The van der Waals surface area contributed by atoms with Crippen molar-refractivity contribution in [3.8, 4) is 27.9 Å². The Morgan fingerprint density at radius 1 is 0.478 bits per heavy atom. The van der Waals surface area contributed by atoms with Crippen molar-refractivity contribution in [2.24, 2.45) is 12.0 Å². The molecule has 13 aromatic rings. The number of thiophene rings is 1. The van der Waals surface area contributed by atoms with Gasteiger partial charge in [-0.3, -0.25) is 4.99 Å². The average Bonchev–Trinajstić information content (AvgIpc) is 4.05. The first-order valence-corrected chi connectivity index (χ1v) is 23.6. The van der Waals surface area contributed by atoms with Gasteiger partial charge in [0.25, 0.3) is 0 Å². The van der Waals surface area contributed by atoms with Gasteiger partial charge in [-0.2, -0.15) is 0 Å². The number of hydrogen-bond donors (Lipinski definition) is 1. The number of hydrogen-bond acceptors (Lipinski definition) is 3. The third-order valence-electron chi connectivity index (χ3n) is 13.5. The highest BCUT2D eigenvalue weighted by molar-refractivity contribution is 7.27. The van der Waals surface area contributed by atoms with Crippen LogP contribution >= 0.6 is 11.3 Å². The first-order chi connectivity index (χ1) is 33.1. The molecule has 10 aromatic carbocycles. The Hall–Kier alpha value is -8.09. The van der Waals surface area contributed by atoms with Crippen molar-refractivity contribution in [1.82, 2.24) is 14.5 Å². The summed E-state index contributed by atoms with van der Waals surface area (Å²) in [4.78, 5) is 4.07. The van der Waals surface area contributed by atoms with E-state index in [-0.39, 0.29) is 6.04 Å². The SMILES string of the molecule is C=Nc1ccccc1C(NC)c1ccccc1.Cn1c2ccccc2c2cc(-c3ccc4c(c3)c3c5c6ccccc6sc5c5ccccc5c3n4-c3cccc(-c4ccccc4)c3)ccc21. The van der Waals surface area contributed by atoms with Gasteiger partial charge in [0.1, 0.15) is 0 Å². The van der Waals surface area contributed by atoms with Crippen LogP contribution in [0.3, 0.4) is 0 Å². The minimum atomic E-state index is 0.151. The predicted molar refractivity (Wildman–Crippen MR) is 289 cm³/mol. The van der Waals surface area contributed by atoms with Crippen molar-refractivity contribution >= 4 is 98.3 Å². The summed E-state index contributed by atoms with van der Waals surface area (Å²) >= 11 is 1.91. The van der Waals surface area contributed by atoms with E-state index in [0.717, 1.165) is 11.3 Å². The van der Waals surface area contributed by atoms with Crippen molar-refractivity contribution in [1.29, 1.82) is 0 Å².